The molecule has 0 saturated heterocycles. The Labute approximate surface area is 104 Å². The summed E-state index contributed by atoms with van der Waals surface area (Å²) in [7, 11) is -3.67. The van der Waals surface area contributed by atoms with E-state index in [2.05, 4.69) is 21.2 Å². The molecule has 0 radical (unpaired) electrons. The maximum absolute atomic E-state index is 11.3. The van der Waals surface area contributed by atoms with Gasteiger partial charge in [-0.1, -0.05) is 19.9 Å². The van der Waals surface area contributed by atoms with Gasteiger partial charge in [0.15, 0.2) is 0 Å². The summed E-state index contributed by atoms with van der Waals surface area (Å²) in [5.41, 5.74) is 0.890. The monoisotopic (exact) mass is 306 g/mol. The molecule has 4 nitrogen and oxygen atoms in total. The third kappa shape index (κ3) is 3.86. The van der Waals surface area contributed by atoms with Crippen LogP contribution in [0.4, 0.5) is 0 Å². The van der Waals surface area contributed by atoms with E-state index in [4.69, 9.17) is 5.14 Å². The number of hydrogen-bond donors (Lipinski definition) is 2. The van der Waals surface area contributed by atoms with Gasteiger partial charge in [-0.2, -0.15) is 0 Å². The van der Waals surface area contributed by atoms with Crippen LogP contribution in [-0.4, -0.2) is 14.5 Å². The predicted octanol–water partition coefficient (Wildman–Crippen LogP) is 1.59. The number of rotatable bonds is 4. The van der Waals surface area contributed by atoms with Crippen molar-refractivity contribution in [1.82, 2.24) is 5.32 Å². The van der Waals surface area contributed by atoms with Crippen molar-refractivity contribution < 1.29 is 8.42 Å². The largest absolute Gasteiger partial charge is 0.310 e. The summed E-state index contributed by atoms with van der Waals surface area (Å²) < 4.78 is 23.0. The molecule has 6 heteroatoms. The van der Waals surface area contributed by atoms with E-state index in [1.807, 2.05) is 19.9 Å². The van der Waals surface area contributed by atoms with Gasteiger partial charge in [-0.15, -0.1) is 0 Å². The van der Waals surface area contributed by atoms with Gasteiger partial charge in [-0.3, -0.25) is 0 Å². The zero-order chi connectivity index (χ0) is 12.3. The Bertz CT molecular complexity index is 472. The molecule has 0 aliphatic carbocycles. The molecule has 0 atom stereocenters. The van der Waals surface area contributed by atoms with Crippen molar-refractivity contribution in [2.24, 2.45) is 5.14 Å². The Morgan fingerprint density at radius 2 is 2.06 bits per heavy atom. The second-order valence-corrected chi connectivity index (χ2v) is 6.23. The molecule has 0 bridgehead atoms. The first-order chi connectivity index (χ1) is 7.30. The summed E-state index contributed by atoms with van der Waals surface area (Å²) in [4.78, 5) is 0.121. The Kier molecular flexibility index (Phi) is 4.49. The predicted molar refractivity (Wildman–Crippen MR) is 67.5 cm³/mol. The van der Waals surface area contributed by atoms with Crippen LogP contribution in [0.5, 0.6) is 0 Å². The molecule has 0 heterocycles. The van der Waals surface area contributed by atoms with Crippen LogP contribution in [-0.2, 0) is 16.6 Å². The summed E-state index contributed by atoms with van der Waals surface area (Å²) in [5.74, 6) is 0. The molecule has 0 aliphatic rings. The van der Waals surface area contributed by atoms with E-state index in [0.717, 1.165) is 5.56 Å². The normalized spacial score (nSPS) is 12.1. The van der Waals surface area contributed by atoms with E-state index < -0.39 is 10.0 Å². The number of halogens is 1. The highest BCUT2D eigenvalue weighted by molar-refractivity contribution is 9.10. The van der Waals surface area contributed by atoms with Crippen LogP contribution in [0, 0.1) is 0 Å². The zero-order valence-corrected chi connectivity index (χ0v) is 11.6. The van der Waals surface area contributed by atoms with Crippen molar-refractivity contribution in [3.63, 3.8) is 0 Å². The number of nitrogens with one attached hydrogen (secondary N) is 1. The lowest BCUT2D eigenvalue weighted by Crippen LogP contribution is -2.22. The summed E-state index contributed by atoms with van der Waals surface area (Å²) in [6.45, 7) is 4.67. The molecule has 1 rings (SSSR count). The van der Waals surface area contributed by atoms with Crippen molar-refractivity contribution in [3.8, 4) is 0 Å². The second kappa shape index (κ2) is 5.27. The van der Waals surface area contributed by atoms with E-state index in [-0.39, 0.29) is 4.90 Å². The van der Waals surface area contributed by atoms with Gasteiger partial charge < -0.3 is 5.32 Å². The van der Waals surface area contributed by atoms with E-state index in [9.17, 15) is 8.42 Å². The summed E-state index contributed by atoms with van der Waals surface area (Å²) in [6, 6.07) is 5.47. The molecular formula is C10H15BrN2O2S. The first-order valence-corrected chi connectivity index (χ1v) is 7.19. The average Bonchev–Trinajstić information content (AvgIpc) is 2.14. The maximum atomic E-state index is 11.3. The Morgan fingerprint density at radius 3 is 2.56 bits per heavy atom. The lowest BCUT2D eigenvalue weighted by molar-refractivity contribution is 0.586. The number of benzene rings is 1. The molecule has 0 amide bonds. The molecule has 3 N–H and O–H groups in total. The van der Waals surface area contributed by atoms with Gasteiger partial charge in [0.05, 0.1) is 4.90 Å². The number of hydrogen-bond acceptors (Lipinski definition) is 3. The van der Waals surface area contributed by atoms with E-state index in [1.165, 1.54) is 0 Å². The van der Waals surface area contributed by atoms with Crippen LogP contribution < -0.4 is 10.5 Å². The third-order valence-corrected chi connectivity index (χ3v) is 3.92. The highest BCUT2D eigenvalue weighted by Gasteiger charge is 2.12. The molecule has 0 aliphatic heterocycles. The van der Waals surface area contributed by atoms with Gasteiger partial charge in [0.1, 0.15) is 0 Å². The van der Waals surface area contributed by atoms with Gasteiger partial charge >= 0.3 is 0 Å². The van der Waals surface area contributed by atoms with Crippen LogP contribution in [0.3, 0.4) is 0 Å². The second-order valence-electron chi connectivity index (χ2n) is 3.85. The summed E-state index contributed by atoms with van der Waals surface area (Å²) in [6.07, 6.45) is 0. The lowest BCUT2D eigenvalue weighted by atomic mass is 10.2. The van der Waals surface area contributed by atoms with Gasteiger partial charge in [-0.05, 0) is 33.6 Å². The molecule has 16 heavy (non-hydrogen) atoms. The maximum Gasteiger partial charge on any atom is 0.239 e. The van der Waals surface area contributed by atoms with Crippen molar-refractivity contribution in [1.29, 1.82) is 0 Å². The minimum Gasteiger partial charge on any atom is -0.310 e. The van der Waals surface area contributed by atoms with Crippen LogP contribution in [0.15, 0.2) is 27.6 Å². The van der Waals surface area contributed by atoms with Gasteiger partial charge in [0, 0.05) is 17.1 Å². The fraction of sp³-hybridized carbons (Fsp3) is 0.400. The SMILES string of the molecule is CC(C)NCc1ccc(Br)c(S(N)(=O)=O)c1. The van der Waals surface area contributed by atoms with Crippen molar-refractivity contribution >= 4 is 26.0 Å². The smallest absolute Gasteiger partial charge is 0.239 e. The lowest BCUT2D eigenvalue weighted by Gasteiger charge is -2.09. The number of primary sulfonamides is 1. The minimum absolute atomic E-state index is 0.121. The molecule has 0 unspecified atom stereocenters. The zero-order valence-electron chi connectivity index (χ0n) is 9.20. The van der Waals surface area contributed by atoms with Gasteiger partial charge in [0.25, 0.3) is 0 Å². The molecular weight excluding hydrogens is 292 g/mol. The van der Waals surface area contributed by atoms with E-state index in [0.29, 0.717) is 17.1 Å². The Hall–Kier alpha value is -0.430. The third-order valence-electron chi connectivity index (χ3n) is 2.02. The van der Waals surface area contributed by atoms with Gasteiger partial charge in [-0.25, -0.2) is 13.6 Å². The van der Waals surface area contributed by atoms with Crippen LogP contribution >= 0.6 is 15.9 Å². The number of sulfonamides is 1. The quantitative estimate of drug-likeness (QED) is 0.887. The molecule has 0 aromatic heterocycles. The first-order valence-electron chi connectivity index (χ1n) is 4.85. The minimum atomic E-state index is -3.67. The van der Waals surface area contributed by atoms with Crippen molar-refractivity contribution in [2.45, 2.75) is 31.3 Å². The average molecular weight is 307 g/mol. The summed E-state index contributed by atoms with van der Waals surface area (Å²) >= 11 is 3.17. The highest BCUT2D eigenvalue weighted by atomic mass is 79.9. The van der Waals surface area contributed by atoms with Crippen LogP contribution in [0.25, 0.3) is 0 Å². The molecule has 90 valence electrons. The van der Waals surface area contributed by atoms with Crippen LogP contribution in [0.1, 0.15) is 19.4 Å². The van der Waals surface area contributed by atoms with E-state index >= 15 is 0 Å². The molecule has 1 aromatic rings. The highest BCUT2D eigenvalue weighted by Crippen LogP contribution is 2.21. The molecule has 1 aromatic carbocycles. The fourth-order valence-electron chi connectivity index (χ4n) is 1.20. The number of nitrogens with two attached hydrogens (primary N) is 1. The Morgan fingerprint density at radius 1 is 1.44 bits per heavy atom. The van der Waals surface area contributed by atoms with Crippen LogP contribution in [0.2, 0.25) is 0 Å². The van der Waals surface area contributed by atoms with Crippen molar-refractivity contribution in [2.75, 3.05) is 0 Å². The topological polar surface area (TPSA) is 72.2 Å². The summed E-state index contributed by atoms with van der Waals surface area (Å²) in [5, 5.41) is 8.31. The standard InChI is InChI=1S/C10H15BrN2O2S/c1-7(2)13-6-8-3-4-9(11)10(5-8)16(12,14)15/h3-5,7,13H,6H2,1-2H3,(H2,12,14,15). The fourth-order valence-corrected chi connectivity index (χ4v) is 2.78. The van der Waals surface area contributed by atoms with E-state index in [1.54, 1.807) is 12.1 Å². The first kappa shape index (κ1) is 13.6. The molecule has 0 fully saturated rings. The Balaban J connectivity index is 2.99. The molecule has 0 spiro atoms. The van der Waals surface area contributed by atoms with Gasteiger partial charge in [0.2, 0.25) is 10.0 Å². The molecule has 0 saturated carbocycles. The van der Waals surface area contributed by atoms with Crippen molar-refractivity contribution in [3.05, 3.63) is 28.2 Å².